The molecule has 80 valence electrons. The van der Waals surface area contributed by atoms with Crippen molar-refractivity contribution in [1.29, 1.82) is 0 Å². The highest BCUT2D eigenvalue weighted by Crippen LogP contribution is 1.91. The molecule has 0 aromatic carbocycles. The second-order valence-electron chi connectivity index (χ2n) is 2.47. The number of quaternary nitrogens is 1. The van der Waals surface area contributed by atoms with Gasteiger partial charge >= 0.3 is 12.1 Å². The van der Waals surface area contributed by atoms with Crippen molar-refractivity contribution < 1.29 is 24.2 Å². The predicted octanol–water partition coefficient (Wildman–Crippen LogP) is -1.03. The summed E-state index contributed by atoms with van der Waals surface area (Å²) in [7, 11) is 0. The van der Waals surface area contributed by atoms with Gasteiger partial charge in [-0.25, -0.2) is 9.91 Å². The van der Waals surface area contributed by atoms with Crippen molar-refractivity contribution in [1.82, 2.24) is 0 Å². The zero-order valence-electron chi connectivity index (χ0n) is 7.83. The molecule has 4 N–H and O–H groups in total. The highest BCUT2D eigenvalue weighted by atomic mass is 16.6. The molecule has 1 atom stereocenters. The average Bonchev–Trinajstić information content (AvgIpc) is 2.11. The van der Waals surface area contributed by atoms with Crippen LogP contribution in [0.15, 0.2) is 12.2 Å². The fourth-order valence-electron chi connectivity index (χ4n) is 0.470. The van der Waals surface area contributed by atoms with Gasteiger partial charge in [-0.15, -0.1) is 0 Å². The molecule has 0 aliphatic carbocycles. The van der Waals surface area contributed by atoms with Crippen LogP contribution in [-0.4, -0.2) is 25.3 Å². The van der Waals surface area contributed by atoms with Crippen LogP contribution >= 0.6 is 0 Å². The third-order valence-corrected chi connectivity index (χ3v) is 1.12. The summed E-state index contributed by atoms with van der Waals surface area (Å²) in [6, 6.07) is 0. The molecule has 0 aromatic heterocycles. The molecule has 0 saturated carbocycles. The molecule has 7 nitrogen and oxygen atoms in total. The van der Waals surface area contributed by atoms with E-state index in [1.165, 1.54) is 6.92 Å². The molecule has 14 heavy (non-hydrogen) atoms. The van der Waals surface area contributed by atoms with E-state index in [1.807, 2.05) is 0 Å². The molecule has 0 bridgehead atoms. The first-order chi connectivity index (χ1) is 6.45. The van der Waals surface area contributed by atoms with Gasteiger partial charge in [-0.05, 0) is 6.92 Å². The largest absolute Gasteiger partial charge is 0.524 e. The summed E-state index contributed by atoms with van der Waals surface area (Å²) in [6.45, 7) is 4.66. The quantitative estimate of drug-likeness (QED) is 0.152. The molecule has 0 heterocycles. The number of amides is 1. The van der Waals surface area contributed by atoms with Gasteiger partial charge < -0.3 is 15.3 Å². The molecule has 0 rings (SSSR count). The lowest BCUT2D eigenvalue weighted by molar-refractivity contribution is -0.781. The van der Waals surface area contributed by atoms with Gasteiger partial charge in [0.15, 0.2) is 0 Å². The minimum atomic E-state index is -0.934. The first-order valence-electron chi connectivity index (χ1n) is 3.79. The van der Waals surface area contributed by atoms with E-state index in [9.17, 15) is 9.59 Å². The summed E-state index contributed by atoms with van der Waals surface area (Å²) in [4.78, 5) is 21.4. The predicted molar refractivity (Wildman–Crippen MR) is 46.6 cm³/mol. The van der Waals surface area contributed by atoms with E-state index in [0.717, 1.165) is 0 Å². The highest BCUT2D eigenvalue weighted by Gasteiger charge is 2.08. The van der Waals surface area contributed by atoms with Crippen molar-refractivity contribution in [2.45, 2.75) is 6.92 Å². The van der Waals surface area contributed by atoms with Crippen LogP contribution in [0.3, 0.4) is 0 Å². The molecule has 0 aliphatic heterocycles. The fraction of sp³-hybridized carbons (Fsp3) is 0.429. The van der Waals surface area contributed by atoms with E-state index in [0.29, 0.717) is 0 Å². The Hall–Kier alpha value is -1.44. The topological polar surface area (TPSA) is 107 Å². The maximum atomic E-state index is 10.8. The van der Waals surface area contributed by atoms with Crippen LogP contribution in [0.25, 0.3) is 5.84 Å². The van der Waals surface area contributed by atoms with Crippen molar-refractivity contribution in [3.05, 3.63) is 18.0 Å². The molecule has 0 aromatic rings. The van der Waals surface area contributed by atoms with Crippen molar-refractivity contribution in [3.63, 3.8) is 0 Å². The van der Waals surface area contributed by atoms with Crippen LogP contribution < -0.4 is 11.0 Å². The van der Waals surface area contributed by atoms with Crippen LogP contribution in [0.5, 0.6) is 0 Å². The molecule has 0 spiro atoms. The Balaban J connectivity index is 3.52. The molecule has 0 saturated heterocycles. The maximum absolute atomic E-state index is 10.8. The summed E-state index contributed by atoms with van der Waals surface area (Å²) < 4.78 is 9.04. The highest BCUT2D eigenvalue weighted by molar-refractivity contribution is 5.86. The molecule has 0 aliphatic rings. The smallest absolute Gasteiger partial charge is 0.459 e. The average molecular weight is 203 g/mol. The Morgan fingerprint density at radius 1 is 1.43 bits per heavy atom. The van der Waals surface area contributed by atoms with E-state index in [-0.39, 0.29) is 18.8 Å². The Labute approximate surface area is 81.2 Å². The zero-order valence-corrected chi connectivity index (χ0v) is 7.83. The van der Waals surface area contributed by atoms with Crippen LogP contribution in [0, 0.1) is 0 Å². The van der Waals surface area contributed by atoms with Gasteiger partial charge in [-0.3, -0.25) is 0 Å². The Kier molecular flexibility index (Phi) is 5.46. The minimum absolute atomic E-state index is 0.0787. The molecule has 0 radical (unpaired) electrons. The summed E-state index contributed by atoms with van der Waals surface area (Å²) in [5.74, 6) is 10.9. The summed E-state index contributed by atoms with van der Waals surface area (Å²) in [6.07, 6.45) is -0.934. The number of hydrogen-bond donors (Lipinski definition) is 2. The first kappa shape index (κ1) is 12.6. The zero-order chi connectivity index (χ0) is 11.1. The second kappa shape index (κ2) is 6.08. The van der Waals surface area contributed by atoms with Crippen LogP contribution in [0.2, 0.25) is 0 Å². The third-order valence-electron chi connectivity index (χ3n) is 1.12. The molecule has 7 heteroatoms. The minimum Gasteiger partial charge on any atom is -0.459 e. The Bertz CT molecular complexity index is 239. The van der Waals surface area contributed by atoms with Gasteiger partial charge in [0.1, 0.15) is 13.2 Å². The number of nitrogens with two attached hydrogens (primary N) is 1. The van der Waals surface area contributed by atoms with Crippen molar-refractivity contribution in [2.75, 3.05) is 13.2 Å². The van der Waals surface area contributed by atoms with Gasteiger partial charge in [-0.1, -0.05) is 6.58 Å². The number of nitrogens with one attached hydrogen (secondary N) is 2. The molecule has 1 amide bonds. The Morgan fingerprint density at radius 2 is 1.93 bits per heavy atom. The van der Waals surface area contributed by atoms with E-state index in [4.69, 9.17) is 11.7 Å². The van der Waals surface area contributed by atoms with Gasteiger partial charge in [0.2, 0.25) is 0 Å². The number of rotatable bonds is 4. The number of carbonyl (C=O) groups excluding carboxylic acids is 2. The van der Waals surface area contributed by atoms with Gasteiger partial charge in [-0.2, -0.15) is 10.6 Å². The lowest BCUT2D eigenvalue weighted by Gasteiger charge is -2.10. The van der Waals surface area contributed by atoms with Gasteiger partial charge in [0.25, 0.3) is 0 Å². The van der Waals surface area contributed by atoms with Crippen molar-refractivity contribution >= 4 is 12.1 Å². The standard InChI is InChI=1S/C7H13N3O4/c1-5(2)6(11)13-3-4-14-7(12)10(8)9/h8,10H,1,3-4,9H2,2H3. The lowest BCUT2D eigenvalue weighted by Crippen LogP contribution is -3.14. The second-order valence-corrected chi connectivity index (χ2v) is 2.47. The monoisotopic (exact) mass is 203 g/mol. The van der Waals surface area contributed by atoms with E-state index in [2.05, 4.69) is 16.1 Å². The van der Waals surface area contributed by atoms with E-state index >= 15 is 0 Å². The van der Waals surface area contributed by atoms with Crippen molar-refractivity contribution in [2.24, 2.45) is 5.84 Å². The third kappa shape index (κ3) is 5.25. The summed E-state index contributed by atoms with van der Waals surface area (Å²) in [5.41, 5.74) is 0.267. The Morgan fingerprint density at radius 3 is 2.36 bits per heavy atom. The van der Waals surface area contributed by atoms with Gasteiger partial charge in [0, 0.05) is 5.57 Å². The molecular formula is C7H13N3O4. The number of ether oxygens (including phenoxy) is 2. The number of carbonyl (C=O) groups is 2. The summed E-state index contributed by atoms with van der Waals surface area (Å²) in [5, 5.41) is -0.684. The van der Waals surface area contributed by atoms with Crippen LogP contribution in [-0.2, 0) is 14.3 Å². The lowest BCUT2D eigenvalue weighted by atomic mass is 10.4. The normalized spacial score (nSPS) is 11.6. The fourth-order valence-corrected chi connectivity index (χ4v) is 0.470. The van der Waals surface area contributed by atoms with Gasteiger partial charge in [0.05, 0.1) is 0 Å². The van der Waals surface area contributed by atoms with Crippen LogP contribution in [0.1, 0.15) is 6.92 Å². The molecule has 1 unspecified atom stereocenters. The first-order valence-corrected chi connectivity index (χ1v) is 3.79. The number of esters is 1. The van der Waals surface area contributed by atoms with Crippen LogP contribution in [0.4, 0.5) is 4.79 Å². The molecular weight excluding hydrogens is 190 g/mol. The van der Waals surface area contributed by atoms with E-state index < -0.39 is 17.2 Å². The summed E-state index contributed by atoms with van der Waals surface area (Å²) >= 11 is 0. The maximum Gasteiger partial charge on any atom is 0.524 e. The van der Waals surface area contributed by atoms with Crippen molar-refractivity contribution in [3.8, 4) is 0 Å². The van der Waals surface area contributed by atoms with E-state index in [1.54, 1.807) is 0 Å². The SMILES string of the molecule is C=C(C)C(=O)OCCOC(=O)[NH+]([NH-])N. The number of hydrogen-bond acceptors (Lipinski definition) is 5. The molecule has 0 fully saturated rings.